The monoisotopic (exact) mass is 479 g/mol. The predicted molar refractivity (Wildman–Crippen MR) is 141 cm³/mol. The van der Waals surface area contributed by atoms with Crippen molar-refractivity contribution in [2.45, 2.75) is 63.5 Å². The quantitative estimate of drug-likeness (QED) is 0.364. The molecule has 1 amide bonds. The highest BCUT2D eigenvalue weighted by molar-refractivity contribution is 5.98. The van der Waals surface area contributed by atoms with E-state index in [0.29, 0.717) is 12.5 Å². The largest absolute Gasteiger partial charge is 0.448 e. The molecular weight excluding hydrogens is 446 g/mol. The number of ether oxygens (including phenoxy) is 1. The van der Waals surface area contributed by atoms with Crippen LogP contribution in [-0.2, 0) is 4.74 Å². The number of hydrogen-bond acceptors (Lipinski definition) is 3. The lowest BCUT2D eigenvalue weighted by molar-refractivity contribution is 0.0506. The van der Waals surface area contributed by atoms with Gasteiger partial charge < -0.3 is 9.64 Å². The van der Waals surface area contributed by atoms with Crippen LogP contribution in [0.15, 0.2) is 72.8 Å². The Hall–Kier alpha value is -3.40. The van der Waals surface area contributed by atoms with Gasteiger partial charge in [0.1, 0.15) is 6.61 Å². The number of amides is 1. The SMILES string of the molecule is CC(C)c1cccc(C(=O)C2CC3CCC(C2)N3C(=O)OCC2c3ccccc3-c3ccccc32)c1. The van der Waals surface area contributed by atoms with Crippen molar-refractivity contribution in [1.29, 1.82) is 0 Å². The number of nitrogens with zero attached hydrogens (tertiary/aromatic N) is 1. The molecule has 184 valence electrons. The third kappa shape index (κ3) is 3.93. The summed E-state index contributed by atoms with van der Waals surface area (Å²) >= 11 is 0. The molecule has 6 rings (SSSR count). The smallest absolute Gasteiger partial charge is 0.410 e. The van der Waals surface area contributed by atoms with Gasteiger partial charge in [-0.05, 0) is 65.5 Å². The minimum absolute atomic E-state index is 0.0254. The summed E-state index contributed by atoms with van der Waals surface area (Å²) < 4.78 is 5.98. The summed E-state index contributed by atoms with van der Waals surface area (Å²) in [6, 6.07) is 25.0. The molecule has 36 heavy (non-hydrogen) atoms. The Morgan fingerprint density at radius 3 is 2.08 bits per heavy atom. The molecule has 0 spiro atoms. The lowest BCUT2D eigenvalue weighted by Gasteiger charge is -2.37. The zero-order chi connectivity index (χ0) is 24.8. The van der Waals surface area contributed by atoms with Gasteiger partial charge in [0.15, 0.2) is 5.78 Å². The number of ketones is 1. The van der Waals surface area contributed by atoms with Crippen LogP contribution < -0.4 is 0 Å². The summed E-state index contributed by atoms with van der Waals surface area (Å²) in [6.45, 7) is 4.64. The van der Waals surface area contributed by atoms with Crippen molar-refractivity contribution >= 4 is 11.9 Å². The second kappa shape index (κ2) is 9.24. The van der Waals surface area contributed by atoms with Crippen LogP contribution in [0, 0.1) is 5.92 Å². The molecule has 0 N–H and O–H groups in total. The van der Waals surface area contributed by atoms with Crippen molar-refractivity contribution in [2.24, 2.45) is 5.92 Å². The van der Waals surface area contributed by atoms with E-state index in [9.17, 15) is 9.59 Å². The van der Waals surface area contributed by atoms with E-state index in [4.69, 9.17) is 4.74 Å². The van der Waals surface area contributed by atoms with Crippen molar-refractivity contribution in [3.05, 3.63) is 95.1 Å². The Morgan fingerprint density at radius 2 is 1.47 bits per heavy atom. The van der Waals surface area contributed by atoms with Gasteiger partial charge in [0, 0.05) is 29.5 Å². The number of piperidine rings is 1. The number of benzene rings is 3. The molecule has 2 heterocycles. The average Bonchev–Trinajstić information content (AvgIpc) is 3.37. The van der Waals surface area contributed by atoms with Gasteiger partial charge in [0.25, 0.3) is 0 Å². The van der Waals surface area contributed by atoms with E-state index >= 15 is 0 Å². The van der Waals surface area contributed by atoms with Crippen molar-refractivity contribution in [3.63, 3.8) is 0 Å². The van der Waals surface area contributed by atoms with E-state index < -0.39 is 0 Å². The van der Waals surface area contributed by atoms with E-state index in [-0.39, 0.29) is 35.8 Å². The van der Waals surface area contributed by atoms with Gasteiger partial charge in [0.05, 0.1) is 0 Å². The molecule has 2 unspecified atom stereocenters. The second-order valence-electron chi connectivity index (χ2n) is 10.9. The van der Waals surface area contributed by atoms with E-state index in [1.807, 2.05) is 23.1 Å². The molecule has 2 atom stereocenters. The maximum absolute atomic E-state index is 13.4. The lowest BCUT2D eigenvalue weighted by Crippen LogP contribution is -2.48. The Balaban J connectivity index is 1.14. The van der Waals surface area contributed by atoms with E-state index in [1.165, 1.54) is 27.8 Å². The van der Waals surface area contributed by atoms with Crippen LogP contribution in [0.3, 0.4) is 0 Å². The first-order chi connectivity index (χ1) is 17.5. The second-order valence-corrected chi connectivity index (χ2v) is 10.9. The van der Waals surface area contributed by atoms with E-state index in [2.05, 4.69) is 68.4 Å². The minimum Gasteiger partial charge on any atom is -0.448 e. The molecule has 3 aromatic rings. The fourth-order valence-corrected chi connectivity index (χ4v) is 6.64. The van der Waals surface area contributed by atoms with Crippen LogP contribution in [-0.4, -0.2) is 35.5 Å². The fourth-order valence-electron chi connectivity index (χ4n) is 6.64. The van der Waals surface area contributed by atoms with E-state index in [1.54, 1.807) is 0 Å². The fraction of sp³-hybridized carbons (Fsp3) is 0.375. The summed E-state index contributed by atoms with van der Waals surface area (Å²) in [7, 11) is 0. The third-order valence-electron chi connectivity index (χ3n) is 8.49. The lowest BCUT2D eigenvalue weighted by atomic mass is 9.84. The number of Topliss-reactive ketones (excluding diaryl/α,β-unsaturated/α-hetero) is 1. The molecule has 0 aromatic heterocycles. The number of carbonyl (C=O) groups excluding carboxylic acids is 2. The Kier molecular flexibility index (Phi) is 5.91. The molecule has 4 heteroatoms. The molecule has 2 aliphatic heterocycles. The molecule has 3 aromatic carbocycles. The molecule has 3 aliphatic rings. The Labute approximate surface area is 213 Å². The molecule has 0 saturated carbocycles. The summed E-state index contributed by atoms with van der Waals surface area (Å²) in [5.41, 5.74) is 6.91. The zero-order valence-corrected chi connectivity index (χ0v) is 21.0. The number of hydrogen-bond donors (Lipinski definition) is 0. The highest BCUT2D eigenvalue weighted by Gasteiger charge is 2.46. The third-order valence-corrected chi connectivity index (χ3v) is 8.49. The first-order valence-corrected chi connectivity index (χ1v) is 13.3. The van der Waals surface area contributed by atoms with Gasteiger partial charge in [0.2, 0.25) is 0 Å². The summed E-state index contributed by atoms with van der Waals surface area (Å²) in [5, 5.41) is 0. The number of carbonyl (C=O) groups is 2. The van der Waals surface area contributed by atoms with Crippen LogP contribution in [0.4, 0.5) is 4.79 Å². The molecule has 2 bridgehead atoms. The Morgan fingerprint density at radius 1 is 0.861 bits per heavy atom. The highest BCUT2D eigenvalue weighted by Crippen LogP contribution is 2.45. The average molecular weight is 480 g/mol. The van der Waals surface area contributed by atoms with Crippen LogP contribution in [0.1, 0.15) is 78.4 Å². The number of fused-ring (bicyclic) bond motifs is 5. The molecule has 0 radical (unpaired) electrons. The van der Waals surface area contributed by atoms with Crippen molar-refractivity contribution in [2.75, 3.05) is 6.61 Å². The van der Waals surface area contributed by atoms with Crippen molar-refractivity contribution in [3.8, 4) is 11.1 Å². The summed E-state index contributed by atoms with van der Waals surface area (Å²) in [4.78, 5) is 28.6. The minimum atomic E-state index is -0.225. The topological polar surface area (TPSA) is 46.6 Å². The predicted octanol–water partition coefficient (Wildman–Crippen LogP) is 7.18. The maximum atomic E-state index is 13.4. The van der Waals surface area contributed by atoms with Crippen LogP contribution in [0.2, 0.25) is 0 Å². The summed E-state index contributed by atoms with van der Waals surface area (Å²) in [5.74, 6) is 0.653. The van der Waals surface area contributed by atoms with Crippen LogP contribution in [0.25, 0.3) is 11.1 Å². The first-order valence-electron chi connectivity index (χ1n) is 13.3. The van der Waals surface area contributed by atoms with Crippen LogP contribution in [0.5, 0.6) is 0 Å². The standard InChI is InChI=1S/C32H33NO3/c1-20(2)21-8-7-9-22(16-21)31(34)23-17-24-14-15-25(18-23)33(24)32(35)36-19-30-28-12-5-3-10-26(28)27-11-4-6-13-29(27)30/h3-13,16,20,23-25,30H,14-15,17-19H2,1-2H3. The van der Waals surface area contributed by atoms with Gasteiger partial charge in [-0.25, -0.2) is 4.79 Å². The van der Waals surface area contributed by atoms with E-state index in [0.717, 1.165) is 31.2 Å². The molecule has 2 fully saturated rings. The zero-order valence-electron chi connectivity index (χ0n) is 21.0. The highest BCUT2D eigenvalue weighted by atomic mass is 16.6. The van der Waals surface area contributed by atoms with Crippen LogP contribution >= 0.6 is 0 Å². The number of rotatable bonds is 5. The van der Waals surface area contributed by atoms with Gasteiger partial charge in [-0.15, -0.1) is 0 Å². The molecule has 1 aliphatic carbocycles. The van der Waals surface area contributed by atoms with Gasteiger partial charge >= 0.3 is 6.09 Å². The first kappa shape index (κ1) is 23.0. The van der Waals surface area contributed by atoms with Crippen molar-refractivity contribution in [1.82, 2.24) is 4.90 Å². The van der Waals surface area contributed by atoms with Crippen molar-refractivity contribution < 1.29 is 14.3 Å². The molecule has 2 saturated heterocycles. The van der Waals surface area contributed by atoms with Gasteiger partial charge in [-0.2, -0.15) is 0 Å². The Bertz CT molecular complexity index is 1250. The summed E-state index contributed by atoms with van der Waals surface area (Å²) in [6.07, 6.45) is 3.13. The maximum Gasteiger partial charge on any atom is 0.410 e. The van der Waals surface area contributed by atoms with Gasteiger partial charge in [-0.1, -0.05) is 80.6 Å². The molecular formula is C32H33NO3. The van der Waals surface area contributed by atoms with Gasteiger partial charge in [-0.3, -0.25) is 4.79 Å². The normalized spacial score (nSPS) is 22.4. The molecule has 4 nitrogen and oxygen atoms in total.